The van der Waals surface area contributed by atoms with Crippen LogP contribution >= 0.6 is 23.4 Å². The first-order chi connectivity index (χ1) is 13.5. The Balaban J connectivity index is 1.79. The quantitative estimate of drug-likeness (QED) is 0.433. The van der Waals surface area contributed by atoms with Gasteiger partial charge < -0.3 is 5.32 Å². The number of rotatable bonds is 7. The molecule has 1 heterocycles. The van der Waals surface area contributed by atoms with Gasteiger partial charge in [0.05, 0.1) is 10.8 Å². The van der Waals surface area contributed by atoms with E-state index in [4.69, 9.17) is 11.6 Å². The molecular formula is C20H18ClFN4OS. The molecule has 1 atom stereocenters. The monoisotopic (exact) mass is 416 g/mol. The minimum absolute atomic E-state index is 0.187. The van der Waals surface area contributed by atoms with E-state index in [1.807, 2.05) is 0 Å². The smallest absolute Gasteiger partial charge is 0.237 e. The van der Waals surface area contributed by atoms with Crippen molar-refractivity contribution in [3.63, 3.8) is 0 Å². The average molecular weight is 417 g/mol. The van der Waals surface area contributed by atoms with Crippen LogP contribution in [-0.4, -0.2) is 25.9 Å². The largest absolute Gasteiger partial charge is 0.325 e. The third-order valence-electron chi connectivity index (χ3n) is 3.91. The maximum Gasteiger partial charge on any atom is 0.237 e. The molecular weight excluding hydrogens is 399 g/mol. The Hall–Kier alpha value is -2.64. The fraction of sp³-hybridized carbons (Fsp3) is 0.150. The maximum absolute atomic E-state index is 14.2. The van der Waals surface area contributed by atoms with Crippen molar-refractivity contribution in [3.8, 4) is 11.4 Å². The highest BCUT2D eigenvalue weighted by molar-refractivity contribution is 8.00. The van der Waals surface area contributed by atoms with Gasteiger partial charge in [-0.2, -0.15) is 0 Å². The molecule has 1 aromatic heterocycles. The zero-order valence-corrected chi connectivity index (χ0v) is 16.7. The minimum atomic E-state index is -0.447. The molecule has 1 amide bonds. The Kier molecular flexibility index (Phi) is 6.49. The number of halogens is 2. The van der Waals surface area contributed by atoms with Crippen molar-refractivity contribution in [2.24, 2.45) is 0 Å². The number of nitrogens with zero attached hydrogens (tertiary/aromatic N) is 3. The van der Waals surface area contributed by atoms with Crippen molar-refractivity contribution in [3.05, 3.63) is 72.0 Å². The normalized spacial score (nSPS) is 11.8. The van der Waals surface area contributed by atoms with Crippen LogP contribution in [0.15, 0.2) is 66.3 Å². The number of aromatic nitrogens is 3. The van der Waals surface area contributed by atoms with Crippen molar-refractivity contribution in [1.82, 2.24) is 14.8 Å². The van der Waals surface area contributed by atoms with E-state index < -0.39 is 5.25 Å². The lowest BCUT2D eigenvalue weighted by Crippen LogP contribution is -2.22. The highest BCUT2D eigenvalue weighted by Crippen LogP contribution is 2.28. The zero-order valence-electron chi connectivity index (χ0n) is 15.1. The summed E-state index contributed by atoms with van der Waals surface area (Å²) < 4.78 is 15.9. The lowest BCUT2D eigenvalue weighted by Gasteiger charge is -2.13. The summed E-state index contributed by atoms with van der Waals surface area (Å²) in [5.41, 5.74) is 1.00. The number of nitrogens with one attached hydrogen (secondary N) is 1. The number of carbonyl (C=O) groups is 1. The van der Waals surface area contributed by atoms with E-state index in [-0.39, 0.29) is 11.7 Å². The number of anilines is 1. The van der Waals surface area contributed by atoms with E-state index in [1.165, 1.54) is 17.8 Å². The standard InChI is InChI=1S/C20H18ClFN4OS/c1-3-12-26-18(16-6-4-5-7-17(16)22)24-25-20(26)28-13(2)19(27)23-15-10-8-14(21)9-11-15/h3-11,13H,1,12H2,2H3,(H,23,27). The average Bonchev–Trinajstić information content (AvgIpc) is 3.06. The highest BCUT2D eigenvalue weighted by Gasteiger charge is 2.21. The third kappa shape index (κ3) is 4.61. The number of hydrogen-bond acceptors (Lipinski definition) is 4. The van der Waals surface area contributed by atoms with Crippen molar-refractivity contribution in [2.75, 3.05) is 5.32 Å². The molecule has 0 aliphatic rings. The lowest BCUT2D eigenvalue weighted by atomic mass is 10.2. The van der Waals surface area contributed by atoms with E-state index in [1.54, 1.807) is 60.0 Å². The summed E-state index contributed by atoms with van der Waals surface area (Å²) in [5, 5.41) is 11.8. The molecule has 3 rings (SSSR count). The van der Waals surface area contributed by atoms with Crippen LogP contribution in [-0.2, 0) is 11.3 Å². The van der Waals surface area contributed by atoms with Crippen LogP contribution in [0, 0.1) is 5.82 Å². The Morgan fingerprint density at radius 1 is 1.29 bits per heavy atom. The van der Waals surface area contributed by atoms with Crippen molar-refractivity contribution < 1.29 is 9.18 Å². The summed E-state index contributed by atoms with van der Waals surface area (Å²) in [6.45, 7) is 5.90. The van der Waals surface area contributed by atoms with E-state index in [2.05, 4.69) is 22.1 Å². The molecule has 0 saturated heterocycles. The Bertz CT molecular complexity index is 990. The first-order valence-electron chi connectivity index (χ1n) is 8.51. The summed E-state index contributed by atoms with van der Waals surface area (Å²) in [7, 11) is 0. The summed E-state index contributed by atoms with van der Waals surface area (Å²) >= 11 is 7.10. The maximum atomic E-state index is 14.2. The second-order valence-electron chi connectivity index (χ2n) is 5.94. The zero-order chi connectivity index (χ0) is 20.1. The van der Waals surface area contributed by atoms with Crippen LogP contribution in [0.1, 0.15) is 6.92 Å². The van der Waals surface area contributed by atoms with Crippen LogP contribution in [0.25, 0.3) is 11.4 Å². The van der Waals surface area contributed by atoms with Gasteiger partial charge in [-0.05, 0) is 43.3 Å². The number of carbonyl (C=O) groups excluding carboxylic acids is 1. The van der Waals surface area contributed by atoms with Crippen LogP contribution < -0.4 is 5.32 Å². The summed E-state index contributed by atoms with van der Waals surface area (Å²) in [5.74, 6) is -0.177. The molecule has 0 saturated carbocycles. The van der Waals surface area contributed by atoms with Crippen LogP contribution in [0.5, 0.6) is 0 Å². The second kappa shape index (κ2) is 9.03. The van der Waals surface area contributed by atoms with Gasteiger partial charge in [-0.25, -0.2) is 4.39 Å². The molecule has 0 aliphatic heterocycles. The molecule has 144 valence electrons. The van der Waals surface area contributed by atoms with Gasteiger partial charge in [0, 0.05) is 17.3 Å². The lowest BCUT2D eigenvalue weighted by molar-refractivity contribution is -0.115. The second-order valence-corrected chi connectivity index (χ2v) is 7.69. The molecule has 1 N–H and O–H groups in total. The first-order valence-corrected chi connectivity index (χ1v) is 9.77. The number of benzene rings is 2. The molecule has 5 nitrogen and oxygen atoms in total. The van der Waals surface area contributed by atoms with Crippen molar-refractivity contribution in [2.45, 2.75) is 23.9 Å². The van der Waals surface area contributed by atoms with Gasteiger partial charge in [0.25, 0.3) is 0 Å². The van der Waals surface area contributed by atoms with E-state index in [0.29, 0.717) is 33.8 Å². The Morgan fingerprint density at radius 2 is 2.00 bits per heavy atom. The van der Waals surface area contributed by atoms with Gasteiger partial charge in [-0.15, -0.1) is 16.8 Å². The van der Waals surface area contributed by atoms with Gasteiger partial charge in [-0.1, -0.05) is 41.6 Å². The number of thioether (sulfide) groups is 1. The predicted octanol–water partition coefficient (Wildman–Crippen LogP) is 5.04. The van der Waals surface area contributed by atoms with E-state index in [0.717, 1.165) is 0 Å². The highest BCUT2D eigenvalue weighted by atomic mass is 35.5. The number of amides is 1. The molecule has 0 fully saturated rings. The molecule has 0 radical (unpaired) electrons. The van der Waals surface area contributed by atoms with Gasteiger partial charge in [0.1, 0.15) is 5.82 Å². The molecule has 0 spiro atoms. The Morgan fingerprint density at radius 3 is 2.68 bits per heavy atom. The fourth-order valence-electron chi connectivity index (χ4n) is 2.50. The summed E-state index contributed by atoms with van der Waals surface area (Å²) in [6.07, 6.45) is 1.68. The van der Waals surface area contributed by atoms with Gasteiger partial charge in [0.2, 0.25) is 5.91 Å². The summed E-state index contributed by atoms with van der Waals surface area (Å²) in [4.78, 5) is 12.5. The van der Waals surface area contributed by atoms with Gasteiger partial charge in [0.15, 0.2) is 11.0 Å². The molecule has 8 heteroatoms. The number of allylic oxidation sites excluding steroid dienone is 1. The van der Waals surface area contributed by atoms with Crippen molar-refractivity contribution in [1.29, 1.82) is 0 Å². The SMILES string of the molecule is C=CCn1c(SC(C)C(=O)Nc2ccc(Cl)cc2)nnc1-c1ccccc1F. The topological polar surface area (TPSA) is 59.8 Å². The predicted molar refractivity (Wildman–Crippen MR) is 111 cm³/mol. The molecule has 0 bridgehead atoms. The molecule has 1 unspecified atom stereocenters. The molecule has 3 aromatic rings. The van der Waals surface area contributed by atoms with Crippen LogP contribution in [0.2, 0.25) is 5.02 Å². The van der Waals surface area contributed by atoms with Crippen LogP contribution in [0.4, 0.5) is 10.1 Å². The molecule has 28 heavy (non-hydrogen) atoms. The Labute approximate surface area is 171 Å². The molecule has 0 aliphatic carbocycles. The fourth-order valence-corrected chi connectivity index (χ4v) is 3.48. The summed E-state index contributed by atoms with van der Waals surface area (Å²) in [6, 6.07) is 13.2. The van der Waals surface area contributed by atoms with E-state index in [9.17, 15) is 9.18 Å². The van der Waals surface area contributed by atoms with Gasteiger partial charge >= 0.3 is 0 Å². The third-order valence-corrected chi connectivity index (χ3v) is 5.24. The first kappa shape index (κ1) is 20.1. The van der Waals surface area contributed by atoms with Crippen LogP contribution in [0.3, 0.4) is 0 Å². The van der Waals surface area contributed by atoms with Crippen molar-refractivity contribution >= 4 is 35.0 Å². The minimum Gasteiger partial charge on any atom is -0.325 e. The van der Waals surface area contributed by atoms with E-state index >= 15 is 0 Å². The molecule has 2 aromatic carbocycles. The van der Waals surface area contributed by atoms with Gasteiger partial charge in [-0.3, -0.25) is 9.36 Å². The number of hydrogen-bond donors (Lipinski definition) is 1.